The predicted octanol–water partition coefficient (Wildman–Crippen LogP) is 18.3. The molecule has 0 saturated heterocycles. The zero-order valence-electron chi connectivity index (χ0n) is 57.6. The van der Waals surface area contributed by atoms with E-state index in [9.17, 15) is 9.59 Å². The quantitative estimate of drug-likeness (QED) is 0.0213. The fourth-order valence-corrected chi connectivity index (χ4v) is 24.9. The van der Waals surface area contributed by atoms with Gasteiger partial charge in [0.15, 0.2) is 5.76 Å². The van der Waals surface area contributed by atoms with E-state index >= 15 is 0 Å². The average Bonchev–Trinajstić information content (AvgIpc) is 0.947. The maximum Gasteiger partial charge on any atom is 0.306 e. The number of hydrogen-bond acceptors (Lipinski definition) is 10. The van der Waals surface area contributed by atoms with Crippen molar-refractivity contribution in [3.05, 3.63) is 153 Å². The summed E-state index contributed by atoms with van der Waals surface area (Å²) in [5.74, 6) is 5.96. The van der Waals surface area contributed by atoms with E-state index in [1.165, 1.54) is 64.8 Å². The Bertz CT molecular complexity index is 3100. The number of benzene rings is 4. The predicted molar refractivity (Wildman–Crippen MR) is 380 cm³/mol. The van der Waals surface area contributed by atoms with Gasteiger partial charge >= 0.3 is 11.9 Å². The number of nitrogens with zero attached hydrogens (tertiary/aromatic N) is 2. The topological polar surface area (TPSA) is 123 Å². The van der Waals surface area contributed by atoms with Gasteiger partial charge < -0.3 is 27.4 Å². The van der Waals surface area contributed by atoms with Gasteiger partial charge in [0, 0.05) is 42.4 Å². The monoisotopic (exact) mass is 1370 g/mol. The van der Waals surface area contributed by atoms with Crippen molar-refractivity contribution in [2.75, 3.05) is 13.2 Å². The Morgan fingerprint density at radius 1 is 0.500 bits per heavy atom. The van der Waals surface area contributed by atoms with Gasteiger partial charge in [-0.25, -0.2) is 0 Å². The molecule has 0 amide bonds. The van der Waals surface area contributed by atoms with Crippen LogP contribution < -0.4 is 20.7 Å². The minimum Gasteiger partial charge on any atom is -0.460 e. The normalized spacial score (nSPS) is 18.9. The van der Waals surface area contributed by atoms with Crippen molar-refractivity contribution in [1.82, 2.24) is 10.3 Å². The highest BCUT2D eigenvalue weighted by Gasteiger charge is 2.52. The highest BCUT2D eigenvalue weighted by Crippen LogP contribution is 2.53. The number of aromatic nitrogens is 2. The second-order valence-electron chi connectivity index (χ2n) is 31.5. The van der Waals surface area contributed by atoms with E-state index < -0.39 is 27.8 Å². The molecule has 3 saturated carbocycles. The fraction of sp³-hybridized carbons (Fsp3) is 0.584. The molecule has 10 nitrogen and oxygen atoms in total. The van der Waals surface area contributed by atoms with Gasteiger partial charge in [-0.05, 0) is 202 Å². The van der Waals surface area contributed by atoms with Crippen LogP contribution in [0.5, 0.6) is 0 Å². The zero-order chi connectivity index (χ0) is 65.2. The number of carbonyl (C=O) groups is 2. The summed E-state index contributed by atoms with van der Waals surface area (Å²) in [5, 5.41) is 14.3. The second kappa shape index (κ2) is 30.6. The molecule has 2 aromatic heterocycles. The van der Waals surface area contributed by atoms with Crippen LogP contribution in [0.2, 0.25) is 10.1 Å². The molecule has 3 aliphatic rings. The molecule has 2 heterocycles. The SMILES string of the molecule is CC(C)CC1CC(c2onc([C@@H](CCCO[Si](c3ccccc3)(c3ccccc3)C(C)(C)C)CC(=O)OC(C)(C)C)c2C2CC2)C1.CC(C)CC1CC(c2onc([C@@H](CCCO[Si](c3ccccc3)(c3ccccc3)C(C)(C)C)CC(=O)OC(C)(C)C)c2I)C1. The molecule has 90 heavy (non-hydrogen) atoms. The first-order chi connectivity index (χ1) is 42.5. The third kappa shape index (κ3) is 18.2. The molecular weight excluding hydrogens is 1260 g/mol. The van der Waals surface area contributed by atoms with Crippen LogP contribution in [-0.4, -0.2) is 63.3 Å². The van der Waals surface area contributed by atoms with Gasteiger partial charge in [-0.1, -0.05) is 201 Å². The van der Waals surface area contributed by atoms with Crippen LogP contribution in [0.15, 0.2) is 130 Å². The first-order valence-corrected chi connectivity index (χ1v) is 39.0. The van der Waals surface area contributed by atoms with Crippen molar-refractivity contribution in [1.29, 1.82) is 0 Å². The Hall–Kier alpha value is -4.68. The molecule has 9 rings (SSSR count). The van der Waals surface area contributed by atoms with Crippen molar-refractivity contribution in [2.45, 2.75) is 252 Å². The van der Waals surface area contributed by atoms with Crippen molar-refractivity contribution in [3.8, 4) is 0 Å². The molecule has 0 aliphatic heterocycles. The van der Waals surface area contributed by atoms with Gasteiger partial charge in [0.1, 0.15) is 22.7 Å². The highest BCUT2D eigenvalue weighted by molar-refractivity contribution is 14.1. The summed E-state index contributed by atoms with van der Waals surface area (Å²) in [5.41, 5.74) is 2.15. The van der Waals surface area contributed by atoms with Gasteiger partial charge in [0.2, 0.25) is 0 Å². The van der Waals surface area contributed by atoms with Crippen LogP contribution in [-0.2, 0) is 27.9 Å². The van der Waals surface area contributed by atoms with E-state index in [0.29, 0.717) is 37.4 Å². The van der Waals surface area contributed by atoms with Crippen LogP contribution in [0.1, 0.15) is 259 Å². The Morgan fingerprint density at radius 3 is 1.17 bits per heavy atom. The number of halogens is 1. The fourth-order valence-electron chi connectivity index (χ4n) is 14.6. The average molecular weight is 1370 g/mol. The van der Waals surface area contributed by atoms with Gasteiger partial charge in [0.05, 0.1) is 22.1 Å². The lowest BCUT2D eigenvalue weighted by atomic mass is 9.69. The van der Waals surface area contributed by atoms with E-state index in [1.807, 2.05) is 41.5 Å². The first kappa shape index (κ1) is 71.2. The Balaban J connectivity index is 0.000000233. The number of hydrogen-bond donors (Lipinski definition) is 0. The smallest absolute Gasteiger partial charge is 0.306 e. The Morgan fingerprint density at radius 2 is 0.833 bits per heavy atom. The first-order valence-electron chi connectivity index (χ1n) is 34.1. The summed E-state index contributed by atoms with van der Waals surface area (Å²) in [6, 6.07) is 43.1. The van der Waals surface area contributed by atoms with E-state index in [2.05, 4.69) is 218 Å². The molecule has 0 bridgehead atoms. The Labute approximate surface area is 557 Å². The minimum atomic E-state index is -2.64. The summed E-state index contributed by atoms with van der Waals surface area (Å²) in [6.07, 6.45) is 13.4. The zero-order valence-corrected chi connectivity index (χ0v) is 61.8. The molecule has 0 radical (unpaired) electrons. The Kier molecular flexibility index (Phi) is 24.2. The molecule has 0 spiro atoms. The standard InChI is InChI=1S/C40H57NO4Si.C37H52INO4Si/c1-28(2)24-29-25-32(26-29)38-36(30-21-22-30)37(41-45-38)31(27-35(42)44-39(3,4)5)16-15-23-43-46(40(6,7)8,33-17-11-9-12-18-33)34-19-13-10-14-20-34;1-26(2)22-27-23-29(24-27)35-33(38)34(39-43-35)28(25-32(40)42-36(3,4)5)16-15-21-41-44(37(6,7)8,30-17-11-9-12-18-30)31-19-13-10-14-20-31/h9-14,17-20,28-32H,15-16,21-27H2,1-8H3;9-14,17-20,26-29H,15-16,21-25H2,1-8H3/t29?,31-,32?;27?,28-,29?/m00/s1. The summed E-state index contributed by atoms with van der Waals surface area (Å²) in [6.45, 7) is 35.8. The van der Waals surface area contributed by atoms with Crippen molar-refractivity contribution >= 4 is 71.9 Å². The lowest BCUT2D eigenvalue weighted by molar-refractivity contribution is -0.156. The van der Waals surface area contributed by atoms with Gasteiger partial charge in [-0.2, -0.15) is 0 Å². The van der Waals surface area contributed by atoms with Crippen molar-refractivity contribution < 1.29 is 37.0 Å². The molecule has 0 unspecified atom stereocenters. The molecule has 6 aromatic rings. The number of esters is 2. The lowest BCUT2D eigenvalue weighted by Gasteiger charge is -2.43. The van der Waals surface area contributed by atoms with E-state index in [4.69, 9.17) is 32.5 Å². The second-order valence-corrected chi connectivity index (χ2v) is 41.2. The van der Waals surface area contributed by atoms with Crippen LogP contribution in [0.3, 0.4) is 0 Å². The maximum atomic E-state index is 13.3. The summed E-state index contributed by atoms with van der Waals surface area (Å²) in [4.78, 5) is 26.4. The highest BCUT2D eigenvalue weighted by atomic mass is 127. The molecule has 13 heteroatoms. The van der Waals surface area contributed by atoms with Crippen LogP contribution in [0.4, 0.5) is 0 Å². The summed E-state index contributed by atoms with van der Waals surface area (Å²) >= 11 is 2.40. The van der Waals surface area contributed by atoms with Gasteiger partial charge in [0.25, 0.3) is 16.6 Å². The largest absolute Gasteiger partial charge is 0.460 e. The van der Waals surface area contributed by atoms with Crippen molar-refractivity contribution in [3.63, 3.8) is 0 Å². The third-order valence-corrected chi connectivity index (χ3v) is 29.7. The van der Waals surface area contributed by atoms with E-state index in [0.717, 1.165) is 88.7 Å². The molecule has 4 aromatic carbocycles. The molecule has 3 fully saturated rings. The lowest BCUT2D eigenvalue weighted by Crippen LogP contribution is -2.66. The van der Waals surface area contributed by atoms with Gasteiger partial charge in [-0.15, -0.1) is 0 Å². The van der Waals surface area contributed by atoms with E-state index in [-0.39, 0.29) is 40.3 Å². The maximum absolute atomic E-state index is 13.3. The van der Waals surface area contributed by atoms with Crippen LogP contribution in [0.25, 0.3) is 0 Å². The van der Waals surface area contributed by atoms with E-state index in [1.54, 1.807) is 0 Å². The molecule has 490 valence electrons. The molecular formula is C77H109IN2O8Si2. The third-order valence-electron chi connectivity index (χ3n) is 18.6. The van der Waals surface area contributed by atoms with Crippen LogP contribution in [0, 0.1) is 27.2 Å². The number of ether oxygens (including phenoxy) is 2. The van der Waals surface area contributed by atoms with Gasteiger partial charge in [-0.3, -0.25) is 9.59 Å². The number of rotatable bonds is 27. The molecule has 2 atom stereocenters. The molecule has 0 N–H and O–H groups in total. The summed E-state index contributed by atoms with van der Waals surface area (Å²) in [7, 11) is -5.26. The van der Waals surface area contributed by atoms with Crippen LogP contribution >= 0.6 is 22.6 Å². The number of carbonyl (C=O) groups excluding carboxylic acids is 2. The summed E-state index contributed by atoms with van der Waals surface area (Å²) < 4.78 is 39.3. The minimum absolute atomic E-state index is 0.0581. The van der Waals surface area contributed by atoms with Crippen molar-refractivity contribution in [2.24, 2.45) is 23.7 Å². The molecule has 3 aliphatic carbocycles.